The molecule has 0 bridgehead atoms. The fraction of sp³-hybridized carbons (Fsp3) is 0.158. The Balaban J connectivity index is 2.35. The first kappa shape index (κ1) is 17.9. The van der Waals surface area contributed by atoms with Crippen molar-refractivity contribution in [2.45, 2.75) is 6.92 Å². The van der Waals surface area contributed by atoms with Gasteiger partial charge in [0.1, 0.15) is 11.8 Å². The van der Waals surface area contributed by atoms with Crippen LogP contribution in [0.5, 0.6) is 0 Å². The van der Waals surface area contributed by atoms with E-state index < -0.39 is 0 Å². The Hall–Kier alpha value is -3.46. The fourth-order valence-electron chi connectivity index (χ4n) is 2.27. The second-order valence-corrected chi connectivity index (χ2v) is 5.32. The van der Waals surface area contributed by atoms with Gasteiger partial charge in [-0.25, -0.2) is 0 Å². The lowest BCUT2D eigenvalue weighted by Gasteiger charge is -2.20. The predicted molar refractivity (Wildman–Crippen MR) is 98.3 cm³/mol. The second kappa shape index (κ2) is 8.41. The van der Waals surface area contributed by atoms with Gasteiger partial charge < -0.3 is 10.2 Å². The molecule has 126 valence electrons. The molecule has 25 heavy (non-hydrogen) atoms. The highest BCUT2D eigenvalue weighted by molar-refractivity contribution is 5.96. The minimum atomic E-state index is -0.301. The predicted octanol–water partition coefficient (Wildman–Crippen LogP) is 3.84. The lowest BCUT2D eigenvalue weighted by atomic mass is 10.0. The molecule has 2 rings (SSSR count). The van der Waals surface area contributed by atoms with E-state index in [-0.39, 0.29) is 17.2 Å². The summed E-state index contributed by atoms with van der Waals surface area (Å²) in [4.78, 5) is 24.8. The maximum atomic E-state index is 12.1. The summed E-state index contributed by atoms with van der Waals surface area (Å²) in [6.07, 6.45) is 1.38. The number of nitrogens with one attached hydrogen (secondary N) is 1. The fourth-order valence-corrected chi connectivity index (χ4v) is 2.27. The maximum Gasteiger partial charge on any atom is 0.255 e. The molecule has 0 spiro atoms. The maximum absolute atomic E-state index is 12.1. The highest BCUT2D eigenvalue weighted by Gasteiger charge is 2.13. The summed E-state index contributed by atoms with van der Waals surface area (Å²) in [5.41, 5.74) is 2.39. The number of carbonyl (C=O) groups is 1. The van der Waals surface area contributed by atoms with Crippen molar-refractivity contribution < 1.29 is 4.79 Å². The molecular formula is C19H18N4O2. The molecule has 0 unspecified atom stereocenters. The van der Waals surface area contributed by atoms with E-state index in [9.17, 15) is 15.0 Å². The normalized spacial score (nSPS) is 10.7. The molecule has 0 radical (unpaired) electrons. The quantitative estimate of drug-likeness (QED) is 0.642. The number of nitroso groups, excluding NO2 is 1. The average Bonchev–Trinajstić information content (AvgIpc) is 2.68. The number of anilines is 1. The summed E-state index contributed by atoms with van der Waals surface area (Å²) in [5.74, 6) is -0.301. The molecule has 2 aromatic rings. The van der Waals surface area contributed by atoms with E-state index in [1.54, 1.807) is 42.5 Å². The smallest absolute Gasteiger partial charge is 0.255 e. The molecule has 1 amide bonds. The van der Waals surface area contributed by atoms with Gasteiger partial charge in [-0.3, -0.25) is 4.79 Å². The summed E-state index contributed by atoms with van der Waals surface area (Å²) in [6, 6.07) is 15.6. The van der Waals surface area contributed by atoms with Gasteiger partial charge in [-0.1, -0.05) is 18.2 Å². The highest BCUT2D eigenvalue weighted by atomic mass is 16.3. The van der Waals surface area contributed by atoms with E-state index in [0.717, 1.165) is 0 Å². The third-order valence-corrected chi connectivity index (χ3v) is 3.77. The van der Waals surface area contributed by atoms with Crippen molar-refractivity contribution in [3.05, 3.63) is 70.8 Å². The van der Waals surface area contributed by atoms with Gasteiger partial charge in [0.05, 0.1) is 5.57 Å². The Bertz CT molecular complexity index is 838. The molecule has 0 aliphatic carbocycles. The van der Waals surface area contributed by atoms with Crippen molar-refractivity contribution in [2.24, 2.45) is 5.18 Å². The highest BCUT2D eigenvalue weighted by Crippen LogP contribution is 2.30. The molecule has 0 aliphatic heterocycles. The zero-order chi connectivity index (χ0) is 18.2. The zero-order valence-electron chi connectivity index (χ0n) is 14.1. The van der Waals surface area contributed by atoms with Gasteiger partial charge in [0.15, 0.2) is 0 Å². The first-order chi connectivity index (χ1) is 12.1. The summed E-state index contributed by atoms with van der Waals surface area (Å²) < 4.78 is 0. The molecule has 6 heteroatoms. The Morgan fingerprint density at radius 2 is 2.00 bits per heavy atom. The van der Waals surface area contributed by atoms with Crippen molar-refractivity contribution in [1.82, 2.24) is 5.32 Å². The van der Waals surface area contributed by atoms with Gasteiger partial charge in [0.25, 0.3) is 5.91 Å². The van der Waals surface area contributed by atoms with Crippen LogP contribution in [0.1, 0.15) is 22.8 Å². The van der Waals surface area contributed by atoms with Gasteiger partial charge in [-0.2, -0.15) is 5.26 Å². The molecule has 0 fully saturated rings. The van der Waals surface area contributed by atoms with E-state index >= 15 is 0 Å². The van der Waals surface area contributed by atoms with Crippen LogP contribution in [0.15, 0.2) is 59.9 Å². The summed E-state index contributed by atoms with van der Waals surface area (Å²) >= 11 is 0. The van der Waals surface area contributed by atoms with Crippen molar-refractivity contribution in [3.8, 4) is 6.07 Å². The molecule has 0 saturated heterocycles. The third kappa shape index (κ3) is 4.30. The van der Waals surface area contributed by atoms with Crippen LogP contribution in [0.25, 0.3) is 5.57 Å². The van der Waals surface area contributed by atoms with Crippen molar-refractivity contribution >= 4 is 22.9 Å². The number of allylic oxidation sites excluding steroid dienone is 1. The number of benzene rings is 2. The summed E-state index contributed by atoms with van der Waals surface area (Å²) in [6.45, 7) is 2.64. The van der Waals surface area contributed by atoms with Crippen molar-refractivity contribution in [2.75, 3.05) is 18.5 Å². The number of carbonyl (C=O) groups excluding carboxylic acids is 1. The number of nitriles is 1. The van der Waals surface area contributed by atoms with Crippen LogP contribution in [-0.2, 0) is 0 Å². The first-order valence-corrected chi connectivity index (χ1v) is 7.75. The van der Waals surface area contributed by atoms with E-state index in [1.165, 1.54) is 6.20 Å². The molecule has 0 saturated carbocycles. The molecule has 0 heterocycles. The van der Waals surface area contributed by atoms with Crippen LogP contribution < -0.4 is 10.2 Å². The minimum absolute atomic E-state index is 0.282. The largest absolute Gasteiger partial charge is 0.374 e. The molecular weight excluding hydrogens is 316 g/mol. The number of rotatable bonds is 6. The van der Waals surface area contributed by atoms with Crippen LogP contribution in [0.3, 0.4) is 0 Å². The summed E-state index contributed by atoms with van der Waals surface area (Å²) in [7, 11) is 1.85. The number of amides is 1. The number of hydrogen-bond donors (Lipinski definition) is 1. The van der Waals surface area contributed by atoms with Crippen LogP contribution >= 0.6 is 0 Å². The standard InChI is InChI=1S/C19H18N4O2/c1-3-23(2)18-11-16(22-25)9-10-17(18)15(12-20)13-21-19(24)14-7-5-4-6-8-14/h4-11,13H,3H2,1-2H3,(H,21,24)/b15-13+. The van der Waals surface area contributed by atoms with Crippen LogP contribution in [0.2, 0.25) is 0 Å². The Labute approximate surface area is 146 Å². The second-order valence-electron chi connectivity index (χ2n) is 5.32. The topological polar surface area (TPSA) is 85.6 Å². The first-order valence-electron chi connectivity index (χ1n) is 7.75. The summed E-state index contributed by atoms with van der Waals surface area (Å²) in [5, 5.41) is 15.1. The van der Waals surface area contributed by atoms with Crippen molar-refractivity contribution in [3.63, 3.8) is 0 Å². The van der Waals surface area contributed by atoms with Gasteiger partial charge in [0.2, 0.25) is 0 Å². The minimum Gasteiger partial charge on any atom is -0.374 e. The molecule has 2 aromatic carbocycles. The monoisotopic (exact) mass is 334 g/mol. The SMILES string of the molecule is CCN(C)c1cc(N=O)ccc1/C(C#N)=C/NC(=O)c1ccccc1. The van der Waals surface area contributed by atoms with Crippen LogP contribution in [0.4, 0.5) is 11.4 Å². The Kier molecular flexibility index (Phi) is 6.02. The molecule has 6 nitrogen and oxygen atoms in total. The number of nitrogens with zero attached hydrogens (tertiary/aromatic N) is 3. The average molecular weight is 334 g/mol. The van der Waals surface area contributed by atoms with E-state index in [4.69, 9.17) is 0 Å². The van der Waals surface area contributed by atoms with Crippen LogP contribution in [-0.4, -0.2) is 19.5 Å². The third-order valence-electron chi connectivity index (χ3n) is 3.77. The molecule has 0 atom stereocenters. The Morgan fingerprint density at radius 1 is 1.28 bits per heavy atom. The zero-order valence-corrected chi connectivity index (χ0v) is 14.1. The van der Waals surface area contributed by atoms with E-state index in [0.29, 0.717) is 23.4 Å². The molecule has 1 N–H and O–H groups in total. The van der Waals surface area contributed by atoms with Gasteiger partial charge in [-0.15, -0.1) is 4.91 Å². The Morgan fingerprint density at radius 3 is 2.60 bits per heavy atom. The van der Waals surface area contributed by atoms with Gasteiger partial charge in [-0.05, 0) is 42.4 Å². The lowest BCUT2D eigenvalue weighted by molar-refractivity contribution is 0.0970. The number of hydrogen-bond acceptors (Lipinski definition) is 5. The van der Waals surface area contributed by atoms with Crippen LogP contribution in [0, 0.1) is 16.2 Å². The lowest BCUT2D eigenvalue weighted by Crippen LogP contribution is -2.19. The van der Waals surface area contributed by atoms with Gasteiger partial charge in [0, 0.05) is 36.6 Å². The van der Waals surface area contributed by atoms with Crippen molar-refractivity contribution in [1.29, 1.82) is 5.26 Å². The van der Waals surface area contributed by atoms with E-state index in [1.807, 2.05) is 24.9 Å². The molecule has 0 aliphatic rings. The van der Waals surface area contributed by atoms with Gasteiger partial charge >= 0.3 is 0 Å². The van der Waals surface area contributed by atoms with E-state index in [2.05, 4.69) is 16.6 Å². The molecule has 0 aromatic heterocycles.